The van der Waals surface area contributed by atoms with Crippen LogP contribution in [0.15, 0.2) is 42.5 Å². The number of aryl methyl sites for hydroxylation is 1. The molecule has 106 valence electrons. The normalized spacial score (nSPS) is 10.9. The number of halogens is 3. The molecule has 2 rings (SSSR count). The minimum Gasteiger partial charge on any atom is -0.508 e. The van der Waals surface area contributed by atoms with Crippen LogP contribution in [0.4, 0.5) is 12.9 Å². The molecule has 7 heteroatoms. The van der Waals surface area contributed by atoms with E-state index in [1.807, 2.05) is 0 Å². The van der Waals surface area contributed by atoms with Crippen LogP contribution >= 0.6 is 0 Å². The van der Waals surface area contributed by atoms with Crippen LogP contribution in [0.2, 0.25) is 0 Å². The number of rotatable bonds is 4. The SMILES string of the molecule is Cc1cc(OCc2ccc(O)cc2)ccc1[B-](F)(F)F.[K+]. The van der Waals surface area contributed by atoms with E-state index >= 15 is 0 Å². The number of aromatic hydroxyl groups is 1. The largest absolute Gasteiger partial charge is 1.00 e. The van der Waals surface area contributed by atoms with Crippen molar-refractivity contribution in [2.24, 2.45) is 0 Å². The Hall–Kier alpha value is -0.469. The van der Waals surface area contributed by atoms with Gasteiger partial charge in [0.15, 0.2) is 0 Å². The summed E-state index contributed by atoms with van der Waals surface area (Å²) in [6.45, 7) is -3.34. The van der Waals surface area contributed by atoms with Gasteiger partial charge in [0.1, 0.15) is 18.1 Å². The second-order valence-electron chi connectivity index (χ2n) is 4.55. The molecule has 0 fully saturated rings. The predicted molar refractivity (Wildman–Crippen MR) is 72.3 cm³/mol. The zero-order chi connectivity index (χ0) is 14.8. The Kier molecular flexibility index (Phi) is 6.80. The average molecular weight is 320 g/mol. The molecule has 0 heterocycles. The van der Waals surface area contributed by atoms with Crippen molar-refractivity contribution in [2.75, 3.05) is 0 Å². The third-order valence-electron chi connectivity index (χ3n) is 2.94. The van der Waals surface area contributed by atoms with Gasteiger partial charge < -0.3 is 22.8 Å². The van der Waals surface area contributed by atoms with Gasteiger partial charge in [-0.25, -0.2) is 0 Å². The van der Waals surface area contributed by atoms with Crippen molar-refractivity contribution in [3.8, 4) is 11.5 Å². The maximum absolute atomic E-state index is 12.7. The third kappa shape index (κ3) is 5.34. The molecule has 0 radical (unpaired) electrons. The van der Waals surface area contributed by atoms with Crippen molar-refractivity contribution in [1.82, 2.24) is 0 Å². The number of ether oxygens (including phenoxy) is 1. The van der Waals surface area contributed by atoms with Crippen LogP contribution in [-0.2, 0) is 6.61 Å². The predicted octanol–water partition coefficient (Wildman–Crippen LogP) is 0.338. The molecule has 0 aliphatic rings. The van der Waals surface area contributed by atoms with E-state index in [9.17, 15) is 12.9 Å². The van der Waals surface area contributed by atoms with Crippen LogP contribution in [0.1, 0.15) is 11.1 Å². The van der Waals surface area contributed by atoms with Gasteiger partial charge in [-0.3, -0.25) is 0 Å². The Morgan fingerprint density at radius 1 is 1.05 bits per heavy atom. The summed E-state index contributed by atoms with van der Waals surface area (Å²) in [4.78, 5) is 0. The average Bonchev–Trinajstić information content (AvgIpc) is 2.36. The molecule has 0 atom stereocenters. The van der Waals surface area contributed by atoms with E-state index in [1.165, 1.54) is 31.2 Å². The molecule has 0 unspecified atom stereocenters. The van der Waals surface area contributed by atoms with Crippen LogP contribution < -0.4 is 61.6 Å². The van der Waals surface area contributed by atoms with E-state index in [0.29, 0.717) is 5.75 Å². The van der Waals surface area contributed by atoms with E-state index in [2.05, 4.69) is 0 Å². The van der Waals surface area contributed by atoms with E-state index in [-0.39, 0.29) is 69.3 Å². The zero-order valence-corrected chi connectivity index (χ0v) is 14.9. The van der Waals surface area contributed by atoms with Crippen molar-refractivity contribution in [3.05, 3.63) is 53.6 Å². The molecular formula is C14H13BF3KO2. The second-order valence-corrected chi connectivity index (χ2v) is 4.55. The van der Waals surface area contributed by atoms with Crippen molar-refractivity contribution in [2.45, 2.75) is 13.5 Å². The molecule has 0 aliphatic carbocycles. The van der Waals surface area contributed by atoms with E-state index in [4.69, 9.17) is 9.84 Å². The van der Waals surface area contributed by atoms with Crippen molar-refractivity contribution >= 4 is 12.4 Å². The zero-order valence-electron chi connectivity index (χ0n) is 11.8. The molecule has 2 nitrogen and oxygen atoms in total. The summed E-state index contributed by atoms with van der Waals surface area (Å²) in [6, 6.07) is 10.2. The van der Waals surface area contributed by atoms with Crippen LogP contribution in [-0.4, -0.2) is 12.1 Å². The minimum absolute atomic E-state index is 0. The van der Waals surface area contributed by atoms with Crippen LogP contribution in [0.5, 0.6) is 11.5 Å². The molecule has 0 bridgehead atoms. The van der Waals surface area contributed by atoms with Crippen LogP contribution in [0.25, 0.3) is 0 Å². The van der Waals surface area contributed by atoms with Crippen molar-refractivity contribution in [3.63, 3.8) is 0 Å². The summed E-state index contributed by atoms with van der Waals surface area (Å²) in [5.74, 6) is 0.542. The monoisotopic (exact) mass is 320 g/mol. The van der Waals surface area contributed by atoms with Crippen LogP contribution in [0.3, 0.4) is 0 Å². The summed E-state index contributed by atoms with van der Waals surface area (Å²) in [6.07, 6.45) is 0. The first kappa shape index (κ1) is 18.6. The van der Waals surface area contributed by atoms with Crippen molar-refractivity contribution < 1.29 is 74.2 Å². The van der Waals surface area contributed by atoms with Gasteiger partial charge in [-0.1, -0.05) is 23.8 Å². The summed E-state index contributed by atoms with van der Waals surface area (Å²) in [7, 11) is 0. The van der Waals surface area contributed by atoms with E-state index in [0.717, 1.165) is 11.6 Å². The second kappa shape index (κ2) is 7.69. The van der Waals surface area contributed by atoms with Gasteiger partial charge in [0.25, 0.3) is 0 Å². The minimum atomic E-state index is -4.99. The molecule has 0 amide bonds. The van der Waals surface area contributed by atoms with E-state index in [1.54, 1.807) is 12.1 Å². The molecule has 0 aliphatic heterocycles. The number of hydrogen-bond donors (Lipinski definition) is 1. The summed E-state index contributed by atoms with van der Waals surface area (Å²) < 4.78 is 43.4. The van der Waals surface area contributed by atoms with Gasteiger partial charge in [-0.15, -0.1) is 5.46 Å². The standard InChI is InChI=1S/C14H13BF3O2.K/c1-10-8-13(6-7-14(10)15(16,17)18)20-9-11-2-4-12(19)5-3-11;/h2-8,19H,9H2,1H3;/q-1;+1. The van der Waals surface area contributed by atoms with E-state index < -0.39 is 12.4 Å². The first-order chi connectivity index (χ1) is 9.36. The fraction of sp³-hybridized carbons (Fsp3) is 0.143. The first-order valence-electron chi connectivity index (χ1n) is 6.07. The molecule has 21 heavy (non-hydrogen) atoms. The fourth-order valence-electron chi connectivity index (χ4n) is 1.86. The molecule has 0 saturated carbocycles. The molecular weight excluding hydrogens is 307 g/mol. The number of benzene rings is 2. The van der Waals surface area contributed by atoms with Gasteiger partial charge in [-0.05, 0) is 36.8 Å². The Morgan fingerprint density at radius 3 is 2.19 bits per heavy atom. The quantitative estimate of drug-likeness (QED) is 0.823. The first-order valence-corrected chi connectivity index (χ1v) is 6.07. The molecule has 2 aromatic rings. The van der Waals surface area contributed by atoms with Gasteiger partial charge in [0.05, 0.1) is 0 Å². The molecule has 0 aromatic heterocycles. The maximum atomic E-state index is 12.7. The summed E-state index contributed by atoms with van der Waals surface area (Å²) in [5.41, 5.74) is 0.382. The van der Waals surface area contributed by atoms with Gasteiger partial charge in [0.2, 0.25) is 0 Å². The summed E-state index contributed by atoms with van der Waals surface area (Å²) in [5, 5.41) is 9.14. The van der Waals surface area contributed by atoms with Crippen LogP contribution in [0, 0.1) is 6.92 Å². The molecule has 0 saturated heterocycles. The van der Waals surface area contributed by atoms with Gasteiger partial charge in [-0.2, -0.15) is 0 Å². The number of phenolic OH excluding ortho intramolecular Hbond substituents is 1. The third-order valence-corrected chi connectivity index (χ3v) is 2.94. The Morgan fingerprint density at radius 2 is 1.67 bits per heavy atom. The molecule has 0 spiro atoms. The smallest absolute Gasteiger partial charge is 0.508 e. The Bertz CT molecular complexity index is 600. The maximum Gasteiger partial charge on any atom is 1.00 e. The van der Waals surface area contributed by atoms with Gasteiger partial charge in [0, 0.05) is 0 Å². The Labute approximate surface area is 163 Å². The fourth-order valence-corrected chi connectivity index (χ4v) is 1.86. The van der Waals surface area contributed by atoms with Crippen molar-refractivity contribution in [1.29, 1.82) is 0 Å². The Balaban J connectivity index is 0.00000220. The van der Waals surface area contributed by atoms with Gasteiger partial charge >= 0.3 is 58.4 Å². The topological polar surface area (TPSA) is 29.5 Å². The number of hydrogen-bond acceptors (Lipinski definition) is 2. The molecule has 2 aromatic carbocycles. The summed E-state index contributed by atoms with van der Waals surface area (Å²) >= 11 is 0. The number of phenols is 1. The molecule has 1 N–H and O–H groups in total.